The minimum Gasteiger partial charge on any atom is -0.462 e. The van der Waals surface area contributed by atoms with Gasteiger partial charge in [0, 0.05) is 19.0 Å². The third-order valence-corrected chi connectivity index (χ3v) is 2.53. The Morgan fingerprint density at radius 2 is 1.79 bits per heavy atom. The number of aliphatic hydroxyl groups excluding tert-OH is 1. The number of nitrogens with zero attached hydrogens (tertiary/aromatic N) is 3. The quantitative estimate of drug-likeness (QED) is 0.836. The van der Waals surface area contributed by atoms with Crippen molar-refractivity contribution in [1.82, 2.24) is 14.6 Å². The van der Waals surface area contributed by atoms with Gasteiger partial charge in [0.25, 0.3) is 0 Å². The number of esters is 1. The Balaban J connectivity index is 0. The van der Waals surface area contributed by atoms with Crippen molar-refractivity contribution in [2.75, 3.05) is 13.2 Å². The molecule has 2 heterocycles. The van der Waals surface area contributed by atoms with Gasteiger partial charge in [0.1, 0.15) is 5.56 Å². The molecule has 0 aromatic carbocycles. The maximum absolute atomic E-state index is 11.6. The molecule has 0 radical (unpaired) electrons. The number of fused-ring (bicyclic) bond motifs is 1. The molecule has 0 aliphatic rings. The lowest BCUT2D eigenvalue weighted by atomic mass is 10.2. The Hall–Kier alpha value is -1.95. The van der Waals surface area contributed by atoms with E-state index in [0.29, 0.717) is 24.2 Å². The summed E-state index contributed by atoms with van der Waals surface area (Å²) in [5.41, 5.74) is 1.82. The molecule has 0 saturated carbocycles. The van der Waals surface area contributed by atoms with E-state index in [2.05, 4.69) is 10.1 Å². The van der Waals surface area contributed by atoms with Gasteiger partial charge in [0.15, 0.2) is 5.65 Å². The van der Waals surface area contributed by atoms with Gasteiger partial charge in [-0.2, -0.15) is 5.10 Å². The van der Waals surface area contributed by atoms with Gasteiger partial charge in [-0.05, 0) is 25.3 Å². The molecule has 138 valence electrons. The van der Waals surface area contributed by atoms with Crippen LogP contribution in [0.25, 0.3) is 5.65 Å². The van der Waals surface area contributed by atoms with E-state index in [-0.39, 0.29) is 6.61 Å². The zero-order chi connectivity index (χ0) is 19.0. The Labute approximate surface area is 145 Å². The monoisotopic (exact) mass is 339 g/mol. The van der Waals surface area contributed by atoms with Gasteiger partial charge in [0.2, 0.25) is 0 Å². The molecule has 6 heteroatoms. The molecule has 0 saturated heterocycles. The standard InChI is InChI=1S/C12H15N3O3.3C2H6/c1-2-18-12(17)10-7-14-15-8-9(4-3-5-16)6-13-11(10)15;3*1-2/h6-8,16H,2-5H2,1H3;3*1-2H3. The van der Waals surface area contributed by atoms with Crippen LogP contribution in [0, 0.1) is 0 Å². The Kier molecular flexibility index (Phi) is 16.1. The van der Waals surface area contributed by atoms with E-state index in [1.54, 1.807) is 23.8 Å². The Morgan fingerprint density at radius 3 is 2.33 bits per heavy atom. The third-order valence-electron chi connectivity index (χ3n) is 2.53. The highest BCUT2D eigenvalue weighted by atomic mass is 16.5. The highest BCUT2D eigenvalue weighted by molar-refractivity contribution is 5.95. The van der Waals surface area contributed by atoms with E-state index in [1.807, 2.05) is 41.5 Å². The fraction of sp³-hybridized carbons (Fsp3) is 0.611. The first-order valence-electron chi connectivity index (χ1n) is 8.86. The molecule has 2 aromatic rings. The minimum atomic E-state index is -0.414. The molecular weight excluding hydrogens is 306 g/mol. The van der Waals surface area contributed by atoms with Gasteiger partial charge in [-0.25, -0.2) is 14.3 Å². The van der Waals surface area contributed by atoms with Crippen molar-refractivity contribution < 1.29 is 14.6 Å². The second-order valence-electron chi connectivity index (χ2n) is 3.84. The van der Waals surface area contributed by atoms with Gasteiger partial charge < -0.3 is 9.84 Å². The molecule has 0 aliphatic carbocycles. The predicted molar refractivity (Wildman–Crippen MR) is 98.4 cm³/mol. The van der Waals surface area contributed by atoms with Gasteiger partial charge in [-0.15, -0.1) is 0 Å². The molecule has 0 unspecified atom stereocenters. The van der Waals surface area contributed by atoms with Gasteiger partial charge >= 0.3 is 5.97 Å². The highest BCUT2D eigenvalue weighted by Gasteiger charge is 2.14. The molecule has 0 amide bonds. The van der Waals surface area contributed by atoms with Crippen LogP contribution in [0.4, 0.5) is 0 Å². The molecule has 0 spiro atoms. The molecule has 6 nitrogen and oxygen atoms in total. The van der Waals surface area contributed by atoms with Crippen molar-refractivity contribution in [3.63, 3.8) is 0 Å². The maximum Gasteiger partial charge on any atom is 0.343 e. The number of hydrogen-bond donors (Lipinski definition) is 1. The summed E-state index contributed by atoms with van der Waals surface area (Å²) in [6.45, 7) is 14.2. The lowest BCUT2D eigenvalue weighted by molar-refractivity contribution is 0.0528. The summed E-state index contributed by atoms with van der Waals surface area (Å²) in [6.07, 6.45) is 6.36. The van der Waals surface area contributed by atoms with Crippen LogP contribution in [0.1, 0.15) is 70.8 Å². The number of aliphatic hydroxyl groups is 1. The molecule has 2 rings (SSSR count). The SMILES string of the molecule is CC.CC.CC.CCOC(=O)c1cnn2cc(CCCO)cnc12. The normalized spacial score (nSPS) is 8.83. The Bertz CT molecular complexity index is 553. The molecule has 0 fully saturated rings. The topological polar surface area (TPSA) is 76.7 Å². The fourth-order valence-corrected chi connectivity index (χ4v) is 1.68. The molecule has 2 aromatic heterocycles. The summed E-state index contributed by atoms with van der Waals surface area (Å²) in [7, 11) is 0. The van der Waals surface area contributed by atoms with E-state index in [1.165, 1.54) is 6.20 Å². The van der Waals surface area contributed by atoms with Crippen LogP contribution in [0.2, 0.25) is 0 Å². The van der Waals surface area contributed by atoms with Gasteiger partial charge in [-0.1, -0.05) is 41.5 Å². The van der Waals surface area contributed by atoms with Crippen LogP contribution < -0.4 is 0 Å². The van der Waals surface area contributed by atoms with Gasteiger partial charge in [0.05, 0.1) is 12.8 Å². The van der Waals surface area contributed by atoms with Crippen molar-refractivity contribution in [2.24, 2.45) is 0 Å². The molecule has 0 atom stereocenters. The lowest BCUT2D eigenvalue weighted by Gasteiger charge is -2.01. The second-order valence-corrected chi connectivity index (χ2v) is 3.84. The van der Waals surface area contributed by atoms with E-state index in [9.17, 15) is 4.79 Å². The van der Waals surface area contributed by atoms with Crippen LogP contribution in [0.5, 0.6) is 0 Å². The van der Waals surface area contributed by atoms with Crippen LogP contribution >= 0.6 is 0 Å². The maximum atomic E-state index is 11.6. The predicted octanol–water partition coefficient (Wildman–Crippen LogP) is 3.91. The zero-order valence-corrected chi connectivity index (χ0v) is 16.2. The first-order valence-corrected chi connectivity index (χ1v) is 8.86. The molecule has 0 aliphatic heterocycles. The van der Waals surface area contributed by atoms with Crippen LogP contribution in [-0.4, -0.2) is 38.9 Å². The van der Waals surface area contributed by atoms with Crippen LogP contribution in [0.3, 0.4) is 0 Å². The number of carbonyl (C=O) groups is 1. The van der Waals surface area contributed by atoms with Crippen molar-refractivity contribution >= 4 is 11.6 Å². The number of carbonyl (C=O) groups excluding carboxylic acids is 1. The van der Waals surface area contributed by atoms with E-state index >= 15 is 0 Å². The lowest BCUT2D eigenvalue weighted by Crippen LogP contribution is -2.05. The first kappa shape index (κ1) is 24.3. The average molecular weight is 339 g/mol. The molecule has 0 bridgehead atoms. The number of aryl methyl sites for hydroxylation is 1. The summed E-state index contributed by atoms with van der Waals surface area (Å²) in [4.78, 5) is 15.8. The van der Waals surface area contributed by atoms with E-state index < -0.39 is 5.97 Å². The van der Waals surface area contributed by atoms with Crippen molar-refractivity contribution in [2.45, 2.75) is 61.3 Å². The summed E-state index contributed by atoms with van der Waals surface area (Å²) in [5, 5.41) is 12.9. The van der Waals surface area contributed by atoms with Crippen molar-refractivity contribution in [1.29, 1.82) is 0 Å². The van der Waals surface area contributed by atoms with Gasteiger partial charge in [-0.3, -0.25) is 0 Å². The van der Waals surface area contributed by atoms with Crippen molar-refractivity contribution in [3.05, 3.63) is 29.7 Å². The summed E-state index contributed by atoms with van der Waals surface area (Å²) < 4.78 is 6.48. The molecule has 1 N–H and O–H groups in total. The number of rotatable bonds is 5. The summed E-state index contributed by atoms with van der Waals surface area (Å²) in [5.74, 6) is -0.414. The minimum absolute atomic E-state index is 0.144. The third kappa shape index (κ3) is 7.55. The number of aromatic nitrogens is 3. The highest BCUT2D eigenvalue weighted by Crippen LogP contribution is 2.11. The smallest absolute Gasteiger partial charge is 0.343 e. The number of ether oxygens (including phenoxy) is 1. The van der Waals surface area contributed by atoms with E-state index in [4.69, 9.17) is 9.84 Å². The fourth-order valence-electron chi connectivity index (χ4n) is 1.68. The average Bonchev–Trinajstić information content (AvgIpc) is 3.08. The van der Waals surface area contributed by atoms with Crippen LogP contribution in [0.15, 0.2) is 18.6 Å². The van der Waals surface area contributed by atoms with Crippen LogP contribution in [-0.2, 0) is 11.2 Å². The van der Waals surface area contributed by atoms with E-state index in [0.717, 1.165) is 12.0 Å². The second kappa shape index (κ2) is 15.9. The Morgan fingerprint density at radius 1 is 1.17 bits per heavy atom. The largest absolute Gasteiger partial charge is 0.462 e. The number of hydrogen-bond acceptors (Lipinski definition) is 5. The summed E-state index contributed by atoms with van der Waals surface area (Å²) in [6, 6.07) is 0. The molecule has 24 heavy (non-hydrogen) atoms. The zero-order valence-electron chi connectivity index (χ0n) is 16.2. The first-order chi connectivity index (χ1) is 11.8. The summed E-state index contributed by atoms with van der Waals surface area (Å²) >= 11 is 0. The van der Waals surface area contributed by atoms with Crippen molar-refractivity contribution in [3.8, 4) is 0 Å². The molecular formula is C18H33N3O3.